The predicted molar refractivity (Wildman–Crippen MR) is 108 cm³/mol. The smallest absolute Gasteiger partial charge is 0.350 e. The molecule has 2 heterocycles. The zero-order chi connectivity index (χ0) is 21.0. The van der Waals surface area contributed by atoms with Gasteiger partial charge in [0.25, 0.3) is 0 Å². The Kier molecular flexibility index (Phi) is 7.06. The molecule has 28 heavy (non-hydrogen) atoms. The largest absolute Gasteiger partial charge is 0.461 e. The van der Waals surface area contributed by atoms with E-state index in [1.165, 1.54) is 4.57 Å². The Hall–Kier alpha value is -2.55. The average Bonchev–Trinajstić information content (AvgIpc) is 2.95. The van der Waals surface area contributed by atoms with Crippen molar-refractivity contribution in [1.29, 1.82) is 0 Å². The van der Waals surface area contributed by atoms with Crippen molar-refractivity contribution in [3.63, 3.8) is 0 Å². The van der Waals surface area contributed by atoms with Crippen LogP contribution in [0.15, 0.2) is 10.9 Å². The minimum absolute atomic E-state index is 0.228. The van der Waals surface area contributed by atoms with Crippen molar-refractivity contribution in [2.75, 3.05) is 11.9 Å². The van der Waals surface area contributed by atoms with Crippen LogP contribution in [0.2, 0.25) is 0 Å². The summed E-state index contributed by atoms with van der Waals surface area (Å²) < 4.78 is 6.61. The summed E-state index contributed by atoms with van der Waals surface area (Å²) in [5.74, 6) is -0.605. The second-order valence-electron chi connectivity index (χ2n) is 7.03. The number of carbonyl (C=O) groups excluding carboxylic acids is 2. The van der Waals surface area contributed by atoms with Crippen LogP contribution in [-0.2, 0) is 9.53 Å². The summed E-state index contributed by atoms with van der Waals surface area (Å²) >= 11 is 1.06. The maximum atomic E-state index is 12.8. The molecule has 0 fully saturated rings. The molecule has 1 amide bonds. The van der Waals surface area contributed by atoms with E-state index in [1.807, 2.05) is 20.8 Å². The van der Waals surface area contributed by atoms with Gasteiger partial charge in [-0.25, -0.2) is 14.6 Å². The number of aryl methyl sites for hydroxylation is 3. The lowest BCUT2D eigenvalue weighted by atomic mass is 10.2. The number of hydrogen-bond acceptors (Lipinski definition) is 7. The Balaban J connectivity index is 2.21. The second kappa shape index (κ2) is 9.09. The number of thiazole rings is 1. The SMILES string of the molecule is CCC(C(=O)Nc1nc(C)c(C(=O)OCC(C)C)s1)n1c(C)cc(C)nc1=O. The summed E-state index contributed by atoms with van der Waals surface area (Å²) in [5.41, 5.74) is 1.29. The predicted octanol–water partition coefficient (Wildman–Crippen LogP) is 3.03. The minimum atomic E-state index is -0.721. The molecule has 1 N–H and O–H groups in total. The first-order chi connectivity index (χ1) is 13.1. The Labute approximate surface area is 168 Å². The summed E-state index contributed by atoms with van der Waals surface area (Å²) in [7, 11) is 0. The van der Waals surface area contributed by atoms with Gasteiger partial charge in [0.1, 0.15) is 10.9 Å². The first kappa shape index (κ1) is 21.7. The summed E-state index contributed by atoms with van der Waals surface area (Å²) in [5, 5.41) is 3.01. The minimum Gasteiger partial charge on any atom is -0.461 e. The molecule has 9 heteroatoms. The number of carbonyl (C=O) groups is 2. The van der Waals surface area contributed by atoms with Crippen LogP contribution in [0.5, 0.6) is 0 Å². The lowest BCUT2D eigenvalue weighted by molar-refractivity contribution is -0.119. The van der Waals surface area contributed by atoms with Crippen LogP contribution in [0.3, 0.4) is 0 Å². The van der Waals surface area contributed by atoms with Crippen molar-refractivity contribution in [2.45, 2.75) is 54.0 Å². The van der Waals surface area contributed by atoms with E-state index in [-0.39, 0.29) is 11.8 Å². The number of ether oxygens (including phenoxy) is 1. The molecule has 0 saturated carbocycles. The Bertz CT molecular complexity index is 933. The van der Waals surface area contributed by atoms with Gasteiger partial charge in [0.15, 0.2) is 5.13 Å². The van der Waals surface area contributed by atoms with E-state index in [4.69, 9.17) is 4.74 Å². The third kappa shape index (κ3) is 5.03. The number of nitrogens with one attached hydrogen (secondary N) is 1. The summed E-state index contributed by atoms with van der Waals surface area (Å²) in [6, 6.07) is 1.04. The van der Waals surface area contributed by atoms with Crippen LogP contribution < -0.4 is 11.0 Å². The third-order valence-corrected chi connectivity index (χ3v) is 5.09. The monoisotopic (exact) mass is 406 g/mol. The van der Waals surface area contributed by atoms with Crippen LogP contribution in [0.1, 0.15) is 60.0 Å². The fourth-order valence-corrected chi connectivity index (χ4v) is 3.62. The molecule has 8 nitrogen and oxygen atoms in total. The van der Waals surface area contributed by atoms with E-state index >= 15 is 0 Å². The van der Waals surface area contributed by atoms with Gasteiger partial charge in [0.2, 0.25) is 5.91 Å². The van der Waals surface area contributed by atoms with Crippen molar-refractivity contribution in [3.05, 3.63) is 38.5 Å². The molecule has 0 aromatic carbocycles. The second-order valence-corrected chi connectivity index (χ2v) is 8.03. The Morgan fingerprint density at radius 3 is 2.50 bits per heavy atom. The number of hydrogen-bond donors (Lipinski definition) is 1. The molecule has 1 unspecified atom stereocenters. The third-order valence-electron chi connectivity index (χ3n) is 4.04. The maximum Gasteiger partial charge on any atom is 0.350 e. The topological polar surface area (TPSA) is 103 Å². The van der Waals surface area contributed by atoms with Gasteiger partial charge in [-0.2, -0.15) is 4.98 Å². The fraction of sp³-hybridized carbons (Fsp3) is 0.526. The molecule has 2 aromatic heterocycles. The lowest BCUT2D eigenvalue weighted by Gasteiger charge is -2.19. The number of amides is 1. The summed E-state index contributed by atoms with van der Waals surface area (Å²) in [6.45, 7) is 11.2. The van der Waals surface area contributed by atoms with Crippen LogP contribution in [0.4, 0.5) is 5.13 Å². The molecular formula is C19H26N4O4S. The van der Waals surface area contributed by atoms with Gasteiger partial charge < -0.3 is 10.1 Å². The van der Waals surface area contributed by atoms with Crippen molar-refractivity contribution < 1.29 is 14.3 Å². The van der Waals surface area contributed by atoms with E-state index in [9.17, 15) is 14.4 Å². The Morgan fingerprint density at radius 1 is 1.25 bits per heavy atom. The highest BCUT2D eigenvalue weighted by atomic mass is 32.1. The highest BCUT2D eigenvalue weighted by Gasteiger charge is 2.24. The van der Waals surface area contributed by atoms with E-state index < -0.39 is 17.7 Å². The van der Waals surface area contributed by atoms with Gasteiger partial charge in [-0.3, -0.25) is 9.36 Å². The normalized spacial score (nSPS) is 12.1. The molecule has 1 atom stereocenters. The van der Waals surface area contributed by atoms with Crippen molar-refractivity contribution in [1.82, 2.24) is 14.5 Å². The van der Waals surface area contributed by atoms with E-state index in [1.54, 1.807) is 26.8 Å². The molecule has 2 rings (SSSR count). The summed E-state index contributed by atoms with van der Waals surface area (Å²) in [6.07, 6.45) is 0.408. The summed E-state index contributed by atoms with van der Waals surface area (Å²) in [4.78, 5) is 45.8. The quantitative estimate of drug-likeness (QED) is 0.709. The Morgan fingerprint density at radius 2 is 1.93 bits per heavy atom. The van der Waals surface area contributed by atoms with Crippen molar-refractivity contribution in [3.8, 4) is 0 Å². The number of anilines is 1. The molecule has 0 aliphatic carbocycles. The van der Waals surface area contributed by atoms with Gasteiger partial charge in [0, 0.05) is 11.4 Å². The number of rotatable bonds is 7. The number of nitrogens with zero attached hydrogens (tertiary/aromatic N) is 3. The van der Waals surface area contributed by atoms with E-state index in [2.05, 4.69) is 15.3 Å². The van der Waals surface area contributed by atoms with Crippen molar-refractivity contribution >= 4 is 28.3 Å². The zero-order valence-electron chi connectivity index (χ0n) is 17.0. The molecule has 0 bridgehead atoms. The molecule has 0 saturated heterocycles. The molecule has 2 aromatic rings. The maximum absolute atomic E-state index is 12.8. The first-order valence-electron chi connectivity index (χ1n) is 9.16. The van der Waals surface area contributed by atoms with E-state index in [0.29, 0.717) is 40.1 Å². The van der Waals surface area contributed by atoms with Crippen LogP contribution in [-0.4, -0.2) is 33.0 Å². The van der Waals surface area contributed by atoms with Gasteiger partial charge in [0.05, 0.1) is 12.3 Å². The highest BCUT2D eigenvalue weighted by molar-refractivity contribution is 7.17. The molecule has 0 aliphatic rings. The van der Waals surface area contributed by atoms with Gasteiger partial charge in [-0.05, 0) is 39.2 Å². The molecule has 0 aliphatic heterocycles. The average molecular weight is 407 g/mol. The zero-order valence-corrected chi connectivity index (χ0v) is 17.8. The molecule has 152 valence electrons. The van der Waals surface area contributed by atoms with Crippen molar-refractivity contribution in [2.24, 2.45) is 5.92 Å². The molecule has 0 radical (unpaired) electrons. The highest BCUT2D eigenvalue weighted by Crippen LogP contribution is 2.25. The standard InChI is InChI=1S/C19H26N4O4S/c1-7-14(23-12(5)8-11(4)20-19(23)26)16(24)22-18-21-13(6)15(28-18)17(25)27-9-10(2)3/h8,10,14H,7,9H2,1-6H3,(H,21,22,24). The van der Waals surface area contributed by atoms with E-state index in [0.717, 1.165) is 11.3 Å². The van der Waals surface area contributed by atoms with Gasteiger partial charge in [-0.15, -0.1) is 0 Å². The van der Waals surface area contributed by atoms with Gasteiger partial charge in [-0.1, -0.05) is 32.1 Å². The van der Waals surface area contributed by atoms with Gasteiger partial charge >= 0.3 is 11.7 Å². The van der Waals surface area contributed by atoms with Crippen LogP contribution >= 0.6 is 11.3 Å². The van der Waals surface area contributed by atoms with Crippen LogP contribution in [0, 0.1) is 26.7 Å². The number of esters is 1. The molecular weight excluding hydrogens is 380 g/mol. The number of aromatic nitrogens is 3. The molecule has 0 spiro atoms. The lowest BCUT2D eigenvalue weighted by Crippen LogP contribution is -2.36. The van der Waals surface area contributed by atoms with Crippen LogP contribution in [0.25, 0.3) is 0 Å². The first-order valence-corrected chi connectivity index (χ1v) is 9.97. The fourth-order valence-electron chi connectivity index (χ4n) is 2.76.